The molecule has 0 fully saturated rings. The van der Waals surface area contributed by atoms with Crippen LogP contribution in [0.15, 0.2) is 35.3 Å². The van der Waals surface area contributed by atoms with E-state index in [4.69, 9.17) is 9.73 Å². The Morgan fingerprint density at radius 1 is 1.11 bits per heavy atom. The van der Waals surface area contributed by atoms with E-state index in [1.54, 1.807) is 7.11 Å². The Labute approximate surface area is 182 Å². The average Bonchev–Trinajstić information content (AvgIpc) is 2.62. The van der Waals surface area contributed by atoms with E-state index in [9.17, 15) is 0 Å². The van der Waals surface area contributed by atoms with Gasteiger partial charge in [-0.15, -0.1) is 24.0 Å². The topological polar surface area (TPSA) is 52.1 Å². The maximum atomic E-state index is 5.10. The van der Waals surface area contributed by atoms with Gasteiger partial charge in [0, 0.05) is 39.9 Å². The lowest BCUT2D eigenvalue weighted by Gasteiger charge is -2.24. The van der Waals surface area contributed by atoms with Crippen LogP contribution >= 0.6 is 24.0 Å². The number of rotatable bonds is 12. The first-order chi connectivity index (χ1) is 12.6. The average molecular weight is 491 g/mol. The van der Waals surface area contributed by atoms with Gasteiger partial charge in [-0.2, -0.15) is 0 Å². The summed E-state index contributed by atoms with van der Waals surface area (Å²) in [5, 5.41) is 6.77. The molecule has 0 saturated carbocycles. The number of likely N-dealkylation sites (N-methyl/N-ethyl adjacent to an activating group) is 2. The maximum Gasteiger partial charge on any atom is 0.191 e. The first-order valence-corrected chi connectivity index (χ1v) is 9.49. The third kappa shape index (κ3) is 11.5. The number of guanidine groups is 1. The molecule has 1 aromatic carbocycles. The molecule has 0 radical (unpaired) electrons. The third-order valence-corrected chi connectivity index (χ3v) is 4.25. The van der Waals surface area contributed by atoms with Crippen molar-refractivity contribution in [3.63, 3.8) is 0 Å². The molecule has 0 spiro atoms. The Hall–Kier alpha value is -0.900. The monoisotopic (exact) mass is 491 g/mol. The quantitative estimate of drug-likeness (QED) is 0.204. The summed E-state index contributed by atoms with van der Waals surface area (Å²) in [6.07, 6.45) is 1.06. The van der Waals surface area contributed by atoms with Crippen molar-refractivity contribution in [1.29, 1.82) is 0 Å². The first kappa shape index (κ1) is 26.1. The van der Waals surface area contributed by atoms with Crippen molar-refractivity contribution in [2.45, 2.75) is 19.4 Å². The standard InChI is InChI=1S/C20H37N5O.HI/c1-6-21-20(22-13-15-25(4)14-10-16-26-5)23-17-19(24(2)3)18-11-8-7-9-12-18;/h7-9,11-12,19H,6,10,13-17H2,1-5H3,(H2,21,22,23);1H. The number of nitrogens with zero attached hydrogens (tertiary/aromatic N) is 3. The summed E-state index contributed by atoms with van der Waals surface area (Å²) in [6, 6.07) is 10.8. The number of hydrogen-bond acceptors (Lipinski definition) is 4. The smallest absolute Gasteiger partial charge is 0.191 e. The van der Waals surface area contributed by atoms with E-state index in [2.05, 4.69) is 72.8 Å². The Morgan fingerprint density at radius 3 is 2.41 bits per heavy atom. The molecule has 0 aliphatic heterocycles. The van der Waals surface area contributed by atoms with Crippen LogP contribution in [-0.4, -0.2) is 83.3 Å². The van der Waals surface area contributed by atoms with Gasteiger partial charge in [-0.05, 0) is 40.1 Å². The summed E-state index contributed by atoms with van der Waals surface area (Å²) >= 11 is 0. The fourth-order valence-electron chi connectivity index (χ4n) is 2.72. The normalized spacial score (nSPS) is 12.8. The molecule has 0 bridgehead atoms. The minimum Gasteiger partial charge on any atom is -0.385 e. The summed E-state index contributed by atoms with van der Waals surface area (Å²) in [6.45, 7) is 7.36. The molecule has 0 aliphatic rings. The molecule has 1 rings (SSSR count). The summed E-state index contributed by atoms with van der Waals surface area (Å²) in [7, 11) is 8.08. The van der Waals surface area contributed by atoms with E-state index in [1.165, 1.54) is 5.56 Å². The Kier molecular flexibility index (Phi) is 15.6. The summed E-state index contributed by atoms with van der Waals surface area (Å²) in [5.41, 5.74) is 1.29. The van der Waals surface area contributed by atoms with Crippen molar-refractivity contribution in [2.24, 2.45) is 4.99 Å². The summed E-state index contributed by atoms with van der Waals surface area (Å²) in [4.78, 5) is 9.32. The number of benzene rings is 1. The molecule has 0 aromatic heterocycles. The highest BCUT2D eigenvalue weighted by Gasteiger charge is 2.13. The van der Waals surface area contributed by atoms with E-state index >= 15 is 0 Å². The van der Waals surface area contributed by atoms with Crippen LogP contribution in [0.3, 0.4) is 0 Å². The molecule has 7 heteroatoms. The predicted molar refractivity (Wildman–Crippen MR) is 126 cm³/mol. The minimum absolute atomic E-state index is 0. The van der Waals surface area contributed by atoms with Crippen LogP contribution in [-0.2, 0) is 4.74 Å². The Balaban J connectivity index is 0.00000676. The van der Waals surface area contributed by atoms with E-state index in [1.807, 2.05) is 6.07 Å². The molecule has 27 heavy (non-hydrogen) atoms. The molecule has 0 aliphatic carbocycles. The highest BCUT2D eigenvalue weighted by molar-refractivity contribution is 14.0. The highest BCUT2D eigenvalue weighted by Crippen LogP contribution is 2.17. The number of aliphatic imine (C=N–C) groups is 1. The van der Waals surface area contributed by atoms with Crippen LogP contribution in [0, 0.1) is 0 Å². The fourth-order valence-corrected chi connectivity index (χ4v) is 2.72. The largest absolute Gasteiger partial charge is 0.385 e. The lowest BCUT2D eigenvalue weighted by Crippen LogP contribution is -2.41. The Bertz CT molecular complexity index is 498. The molecule has 6 nitrogen and oxygen atoms in total. The summed E-state index contributed by atoms with van der Waals surface area (Å²) < 4.78 is 5.10. The van der Waals surface area contributed by atoms with Crippen LogP contribution in [0.2, 0.25) is 0 Å². The van der Waals surface area contributed by atoms with Gasteiger partial charge in [-0.1, -0.05) is 30.3 Å². The van der Waals surface area contributed by atoms with Gasteiger partial charge >= 0.3 is 0 Å². The number of nitrogens with one attached hydrogen (secondary N) is 2. The second-order valence-corrected chi connectivity index (χ2v) is 6.69. The molecule has 0 heterocycles. The molecular formula is C20H38IN5O. The van der Waals surface area contributed by atoms with E-state index in [0.717, 1.165) is 51.7 Å². The second kappa shape index (κ2) is 16.1. The molecule has 2 N–H and O–H groups in total. The van der Waals surface area contributed by atoms with E-state index in [0.29, 0.717) is 0 Å². The van der Waals surface area contributed by atoms with Crippen molar-refractivity contribution in [2.75, 3.05) is 67.6 Å². The van der Waals surface area contributed by atoms with Crippen molar-refractivity contribution >= 4 is 29.9 Å². The molecule has 1 atom stereocenters. The van der Waals surface area contributed by atoms with Gasteiger partial charge in [0.25, 0.3) is 0 Å². The molecule has 1 unspecified atom stereocenters. The van der Waals surface area contributed by atoms with Gasteiger partial charge in [-0.25, -0.2) is 0 Å². The third-order valence-electron chi connectivity index (χ3n) is 4.25. The van der Waals surface area contributed by atoms with Crippen molar-refractivity contribution in [3.8, 4) is 0 Å². The number of hydrogen-bond donors (Lipinski definition) is 2. The number of ether oxygens (including phenoxy) is 1. The highest BCUT2D eigenvalue weighted by atomic mass is 127. The summed E-state index contributed by atoms with van der Waals surface area (Å²) in [5.74, 6) is 0.876. The lowest BCUT2D eigenvalue weighted by atomic mass is 10.1. The SMILES string of the molecule is CCNC(=NCC(c1ccccc1)N(C)C)NCCN(C)CCCOC.I. The fraction of sp³-hybridized carbons (Fsp3) is 0.650. The zero-order valence-electron chi connectivity index (χ0n) is 17.6. The van der Waals surface area contributed by atoms with E-state index < -0.39 is 0 Å². The zero-order chi connectivity index (χ0) is 19.2. The van der Waals surface area contributed by atoms with Crippen molar-refractivity contribution in [1.82, 2.24) is 20.4 Å². The van der Waals surface area contributed by atoms with Crippen molar-refractivity contribution < 1.29 is 4.74 Å². The first-order valence-electron chi connectivity index (χ1n) is 9.49. The Morgan fingerprint density at radius 2 is 1.81 bits per heavy atom. The lowest BCUT2D eigenvalue weighted by molar-refractivity contribution is 0.180. The molecular weight excluding hydrogens is 453 g/mol. The number of halogens is 1. The second-order valence-electron chi connectivity index (χ2n) is 6.69. The van der Waals surface area contributed by atoms with Gasteiger partial charge in [0.2, 0.25) is 0 Å². The molecule has 156 valence electrons. The minimum atomic E-state index is 0. The molecule has 0 amide bonds. The predicted octanol–water partition coefficient (Wildman–Crippen LogP) is 2.43. The van der Waals surface area contributed by atoms with Crippen LogP contribution in [0.5, 0.6) is 0 Å². The van der Waals surface area contributed by atoms with Crippen LogP contribution in [0.1, 0.15) is 24.9 Å². The van der Waals surface area contributed by atoms with Gasteiger partial charge in [0.15, 0.2) is 5.96 Å². The van der Waals surface area contributed by atoms with Gasteiger partial charge < -0.3 is 25.2 Å². The van der Waals surface area contributed by atoms with Gasteiger partial charge in [-0.3, -0.25) is 4.99 Å². The van der Waals surface area contributed by atoms with Gasteiger partial charge in [0.05, 0.1) is 12.6 Å². The van der Waals surface area contributed by atoms with Gasteiger partial charge in [0.1, 0.15) is 0 Å². The number of methoxy groups -OCH3 is 1. The molecule has 1 aromatic rings. The van der Waals surface area contributed by atoms with Crippen LogP contribution in [0.4, 0.5) is 0 Å². The van der Waals surface area contributed by atoms with Crippen molar-refractivity contribution in [3.05, 3.63) is 35.9 Å². The van der Waals surface area contributed by atoms with Crippen LogP contribution in [0.25, 0.3) is 0 Å². The van der Waals surface area contributed by atoms with E-state index in [-0.39, 0.29) is 30.0 Å². The van der Waals surface area contributed by atoms with Crippen LogP contribution < -0.4 is 10.6 Å². The zero-order valence-corrected chi connectivity index (χ0v) is 19.9. The maximum absolute atomic E-state index is 5.10. The molecule has 0 saturated heterocycles.